The highest BCUT2D eigenvalue weighted by Gasteiger charge is 2.31. The van der Waals surface area contributed by atoms with Crippen molar-refractivity contribution in [1.82, 2.24) is 4.90 Å². The smallest absolute Gasteiger partial charge is 0.257 e. The van der Waals surface area contributed by atoms with Gasteiger partial charge in [-0.3, -0.25) is 4.79 Å². The first-order chi connectivity index (χ1) is 9.97. The van der Waals surface area contributed by atoms with Gasteiger partial charge in [-0.05, 0) is 18.9 Å². The molecule has 0 heterocycles. The van der Waals surface area contributed by atoms with E-state index in [4.69, 9.17) is 5.11 Å². The van der Waals surface area contributed by atoms with Crippen LogP contribution in [0.5, 0.6) is 0 Å². The van der Waals surface area contributed by atoms with Crippen molar-refractivity contribution in [3.63, 3.8) is 0 Å². The van der Waals surface area contributed by atoms with Gasteiger partial charge in [-0.25, -0.2) is 17.6 Å². The predicted octanol–water partition coefficient (Wildman–Crippen LogP) is 2.62. The fourth-order valence-electron chi connectivity index (χ4n) is 2.66. The Kier molecular flexibility index (Phi) is 4.82. The Hall–Kier alpha value is -1.63. The van der Waals surface area contributed by atoms with E-state index in [0.717, 1.165) is 12.8 Å². The van der Waals surface area contributed by atoms with Crippen LogP contribution in [0.3, 0.4) is 0 Å². The van der Waals surface area contributed by atoms with E-state index in [1.165, 1.54) is 4.90 Å². The summed E-state index contributed by atoms with van der Waals surface area (Å²) in [5, 5.41) is 9.02. The number of aliphatic hydroxyl groups is 1. The molecule has 1 aliphatic carbocycles. The molecule has 3 nitrogen and oxygen atoms in total. The molecule has 1 fully saturated rings. The summed E-state index contributed by atoms with van der Waals surface area (Å²) in [5.41, 5.74) is -0.855. The summed E-state index contributed by atoms with van der Waals surface area (Å²) in [6.07, 6.45) is 3.13. The van der Waals surface area contributed by atoms with Crippen LogP contribution in [0.2, 0.25) is 0 Å². The molecule has 21 heavy (non-hydrogen) atoms. The van der Waals surface area contributed by atoms with E-state index in [9.17, 15) is 22.4 Å². The van der Waals surface area contributed by atoms with Crippen molar-refractivity contribution in [1.29, 1.82) is 0 Å². The number of carbonyl (C=O) groups excluding carboxylic acids is 1. The Morgan fingerprint density at radius 2 is 1.76 bits per heavy atom. The monoisotopic (exact) mass is 305 g/mol. The molecular weight excluding hydrogens is 290 g/mol. The maximum atomic E-state index is 13.7. The zero-order valence-corrected chi connectivity index (χ0v) is 11.2. The van der Waals surface area contributed by atoms with E-state index in [1.54, 1.807) is 0 Å². The second-order valence-electron chi connectivity index (χ2n) is 5.01. The highest BCUT2D eigenvalue weighted by molar-refractivity contribution is 5.94. The largest absolute Gasteiger partial charge is 0.395 e. The molecule has 0 aliphatic heterocycles. The molecule has 1 aliphatic rings. The van der Waals surface area contributed by atoms with Crippen molar-refractivity contribution in [3.05, 3.63) is 34.9 Å². The number of halogens is 4. The average molecular weight is 305 g/mol. The van der Waals surface area contributed by atoms with Crippen molar-refractivity contribution < 1.29 is 27.5 Å². The molecule has 1 N–H and O–H groups in total. The van der Waals surface area contributed by atoms with Gasteiger partial charge in [0.25, 0.3) is 5.91 Å². The first-order valence-electron chi connectivity index (χ1n) is 6.72. The lowest BCUT2D eigenvalue weighted by atomic mass is 10.1. The second kappa shape index (κ2) is 6.43. The fraction of sp³-hybridized carbons (Fsp3) is 0.500. The number of carbonyl (C=O) groups is 1. The average Bonchev–Trinajstić information content (AvgIpc) is 2.99. The second-order valence-corrected chi connectivity index (χ2v) is 5.01. The van der Waals surface area contributed by atoms with Crippen LogP contribution in [0.1, 0.15) is 36.0 Å². The quantitative estimate of drug-likeness (QED) is 0.528. The molecule has 0 unspecified atom stereocenters. The third-order valence-electron chi connectivity index (χ3n) is 3.70. The third kappa shape index (κ3) is 3.02. The van der Waals surface area contributed by atoms with E-state index in [2.05, 4.69) is 0 Å². The van der Waals surface area contributed by atoms with E-state index in [1.807, 2.05) is 0 Å². The molecule has 1 amide bonds. The summed E-state index contributed by atoms with van der Waals surface area (Å²) in [4.78, 5) is 13.5. The van der Waals surface area contributed by atoms with Gasteiger partial charge < -0.3 is 10.0 Å². The minimum Gasteiger partial charge on any atom is -0.395 e. The molecule has 0 atom stereocenters. The summed E-state index contributed by atoms with van der Waals surface area (Å²) in [6, 6.07) is 0.148. The molecule has 0 aromatic heterocycles. The van der Waals surface area contributed by atoms with Gasteiger partial charge in [0.05, 0.1) is 12.2 Å². The minimum absolute atomic E-state index is 0.0659. The van der Waals surface area contributed by atoms with Crippen molar-refractivity contribution >= 4 is 5.91 Å². The van der Waals surface area contributed by atoms with E-state index < -0.39 is 34.7 Å². The van der Waals surface area contributed by atoms with Crippen molar-refractivity contribution in [2.75, 3.05) is 13.2 Å². The highest BCUT2D eigenvalue weighted by Crippen LogP contribution is 2.26. The molecule has 7 heteroatoms. The molecule has 0 radical (unpaired) electrons. The minimum atomic E-state index is -2.01. The standard InChI is InChI=1S/C14H15F4NO2/c15-10-7-9(11(16)13(18)12(10)17)14(21)19(5-6-20)8-3-1-2-4-8/h7-8,20H,1-6H2. The summed E-state index contributed by atoms with van der Waals surface area (Å²) < 4.78 is 53.1. The maximum absolute atomic E-state index is 13.7. The third-order valence-corrected chi connectivity index (χ3v) is 3.70. The Morgan fingerprint density at radius 3 is 2.33 bits per heavy atom. The molecule has 2 rings (SSSR count). The van der Waals surface area contributed by atoms with E-state index >= 15 is 0 Å². The van der Waals surface area contributed by atoms with Crippen molar-refractivity contribution in [3.8, 4) is 0 Å². The zero-order chi connectivity index (χ0) is 15.6. The van der Waals surface area contributed by atoms with Gasteiger partial charge >= 0.3 is 0 Å². The summed E-state index contributed by atoms with van der Waals surface area (Å²) in [5.74, 6) is -8.22. The van der Waals surface area contributed by atoms with Crippen LogP contribution in [0.25, 0.3) is 0 Å². The van der Waals surface area contributed by atoms with Gasteiger partial charge in [0.1, 0.15) is 0 Å². The van der Waals surface area contributed by atoms with Crippen LogP contribution in [0.4, 0.5) is 17.6 Å². The SMILES string of the molecule is O=C(c1cc(F)c(F)c(F)c1F)N(CCO)C1CCCC1. The van der Waals surface area contributed by atoms with Crippen LogP contribution in [0, 0.1) is 23.3 Å². The summed E-state index contributed by atoms with van der Waals surface area (Å²) in [7, 11) is 0. The van der Waals surface area contributed by atoms with Crippen molar-refractivity contribution in [2.45, 2.75) is 31.7 Å². The topological polar surface area (TPSA) is 40.5 Å². The lowest BCUT2D eigenvalue weighted by Gasteiger charge is -2.28. The normalized spacial score (nSPS) is 15.5. The highest BCUT2D eigenvalue weighted by atomic mass is 19.2. The van der Waals surface area contributed by atoms with Crippen molar-refractivity contribution in [2.24, 2.45) is 0 Å². The van der Waals surface area contributed by atoms with Gasteiger partial charge in [0.15, 0.2) is 23.3 Å². The van der Waals surface area contributed by atoms with Gasteiger partial charge in [0.2, 0.25) is 0 Å². The number of hydrogen-bond donors (Lipinski definition) is 1. The summed E-state index contributed by atoms with van der Waals surface area (Å²) in [6.45, 7) is -0.417. The Bertz CT molecular complexity index is 544. The molecule has 1 saturated carbocycles. The Balaban J connectivity index is 2.36. The van der Waals surface area contributed by atoms with Gasteiger partial charge in [-0.15, -0.1) is 0 Å². The first kappa shape index (κ1) is 15.8. The van der Waals surface area contributed by atoms with Crippen LogP contribution < -0.4 is 0 Å². The van der Waals surface area contributed by atoms with Crippen LogP contribution in [0.15, 0.2) is 6.07 Å². The van der Waals surface area contributed by atoms with Crippen LogP contribution in [-0.4, -0.2) is 35.1 Å². The lowest BCUT2D eigenvalue weighted by molar-refractivity contribution is 0.0631. The predicted molar refractivity (Wildman–Crippen MR) is 66.7 cm³/mol. The maximum Gasteiger partial charge on any atom is 0.257 e. The number of hydrogen-bond acceptors (Lipinski definition) is 2. The zero-order valence-electron chi connectivity index (χ0n) is 11.2. The van der Waals surface area contributed by atoms with Crippen LogP contribution in [-0.2, 0) is 0 Å². The van der Waals surface area contributed by atoms with Gasteiger partial charge in [0, 0.05) is 12.6 Å². The molecule has 1 aromatic carbocycles. The molecule has 116 valence electrons. The number of nitrogens with zero attached hydrogens (tertiary/aromatic N) is 1. The molecule has 1 aromatic rings. The number of aliphatic hydroxyl groups excluding tert-OH is 1. The number of benzene rings is 1. The Morgan fingerprint density at radius 1 is 1.14 bits per heavy atom. The molecule has 0 saturated heterocycles. The Labute approximate surface area is 119 Å². The van der Waals surface area contributed by atoms with E-state index in [-0.39, 0.29) is 19.2 Å². The van der Waals surface area contributed by atoms with Crippen LogP contribution >= 0.6 is 0 Å². The molecule has 0 bridgehead atoms. The first-order valence-corrected chi connectivity index (χ1v) is 6.72. The molecular formula is C14H15F4NO2. The lowest BCUT2D eigenvalue weighted by Crippen LogP contribution is -2.41. The molecule has 0 spiro atoms. The number of amides is 1. The summed E-state index contributed by atoms with van der Waals surface area (Å²) >= 11 is 0. The van der Waals surface area contributed by atoms with E-state index in [0.29, 0.717) is 18.9 Å². The van der Waals surface area contributed by atoms with Gasteiger partial charge in [-0.2, -0.15) is 0 Å². The number of rotatable bonds is 4. The fourth-order valence-corrected chi connectivity index (χ4v) is 2.66. The van der Waals surface area contributed by atoms with Gasteiger partial charge in [-0.1, -0.05) is 12.8 Å².